The molecule has 0 N–H and O–H groups in total. The van der Waals surface area contributed by atoms with Gasteiger partial charge in [-0.15, -0.1) is 0 Å². The number of hydrogen-bond acceptors (Lipinski definition) is 1. The largest absolute Gasteiger partial charge is 0.310 e. The van der Waals surface area contributed by atoms with Crippen molar-refractivity contribution in [3.05, 3.63) is 95.6 Å². The van der Waals surface area contributed by atoms with E-state index in [4.69, 9.17) is 0 Å². The van der Waals surface area contributed by atoms with E-state index in [9.17, 15) is 0 Å². The molecule has 0 unspecified atom stereocenters. The summed E-state index contributed by atoms with van der Waals surface area (Å²) in [5, 5.41) is 0. The first-order chi connectivity index (χ1) is 11.8. The molecule has 1 heteroatoms. The van der Waals surface area contributed by atoms with Crippen LogP contribution < -0.4 is 4.90 Å². The Bertz CT molecular complexity index is 860. The summed E-state index contributed by atoms with van der Waals surface area (Å²) in [6, 6.07) is 26.0. The molecule has 0 saturated heterocycles. The van der Waals surface area contributed by atoms with E-state index in [-0.39, 0.29) is 0 Å². The fraction of sp³-hybridized carbons (Fsp3) is 0.130. The molecule has 4 rings (SSSR count). The standard InChI is InChI=1S/C23H21N/c1-18-14-16-21(17-15-18)24(20-10-3-2-4-11-20)23-13-7-9-19-8-5-6-12-22(19)23/h2-4,6-7,9-17H,5,8H2,1H3. The van der Waals surface area contributed by atoms with Crippen LogP contribution in [-0.4, -0.2) is 0 Å². The highest BCUT2D eigenvalue weighted by atomic mass is 15.1. The molecule has 0 fully saturated rings. The summed E-state index contributed by atoms with van der Waals surface area (Å²) in [4.78, 5) is 2.36. The molecule has 118 valence electrons. The predicted octanol–water partition coefficient (Wildman–Crippen LogP) is 6.42. The van der Waals surface area contributed by atoms with Gasteiger partial charge < -0.3 is 4.90 Å². The van der Waals surface area contributed by atoms with E-state index in [1.54, 1.807) is 0 Å². The number of anilines is 3. The second-order valence-corrected chi connectivity index (χ2v) is 6.30. The van der Waals surface area contributed by atoms with E-state index in [1.807, 2.05) is 0 Å². The van der Waals surface area contributed by atoms with Gasteiger partial charge in [0.05, 0.1) is 5.69 Å². The molecule has 0 amide bonds. The molecular formula is C23H21N. The van der Waals surface area contributed by atoms with Gasteiger partial charge in [-0.25, -0.2) is 0 Å². The van der Waals surface area contributed by atoms with E-state index in [0.717, 1.165) is 12.8 Å². The van der Waals surface area contributed by atoms with Crippen LogP contribution in [0.4, 0.5) is 17.1 Å². The first-order valence-electron chi connectivity index (χ1n) is 8.53. The van der Waals surface area contributed by atoms with Crippen molar-refractivity contribution >= 4 is 23.1 Å². The molecular weight excluding hydrogens is 290 g/mol. The minimum atomic E-state index is 1.12. The molecule has 0 aromatic heterocycles. The number of hydrogen-bond donors (Lipinski definition) is 0. The first-order valence-corrected chi connectivity index (χ1v) is 8.53. The second-order valence-electron chi connectivity index (χ2n) is 6.30. The van der Waals surface area contributed by atoms with Crippen LogP contribution in [0.5, 0.6) is 0 Å². The van der Waals surface area contributed by atoms with Gasteiger partial charge in [-0.2, -0.15) is 0 Å². The van der Waals surface area contributed by atoms with Gasteiger partial charge in [-0.05, 0) is 55.7 Å². The van der Waals surface area contributed by atoms with E-state index < -0.39 is 0 Å². The second kappa shape index (κ2) is 6.37. The van der Waals surface area contributed by atoms with Gasteiger partial charge in [0.15, 0.2) is 0 Å². The highest BCUT2D eigenvalue weighted by Crippen LogP contribution is 2.39. The molecule has 0 heterocycles. The summed E-state index contributed by atoms with van der Waals surface area (Å²) >= 11 is 0. The van der Waals surface area contributed by atoms with E-state index >= 15 is 0 Å². The molecule has 24 heavy (non-hydrogen) atoms. The SMILES string of the molecule is Cc1ccc(N(c2ccccc2)c2cccc3c2C=CCC3)cc1. The highest BCUT2D eigenvalue weighted by molar-refractivity contribution is 5.84. The third-order valence-electron chi connectivity index (χ3n) is 4.59. The van der Waals surface area contributed by atoms with Crippen molar-refractivity contribution in [2.24, 2.45) is 0 Å². The molecule has 1 nitrogen and oxygen atoms in total. The van der Waals surface area contributed by atoms with E-state index in [0.29, 0.717) is 0 Å². The topological polar surface area (TPSA) is 3.24 Å². The third kappa shape index (κ3) is 2.74. The lowest BCUT2D eigenvalue weighted by Crippen LogP contribution is -2.12. The van der Waals surface area contributed by atoms with Gasteiger partial charge in [0.25, 0.3) is 0 Å². The molecule has 3 aromatic rings. The van der Waals surface area contributed by atoms with Crippen LogP contribution in [0.15, 0.2) is 78.9 Å². The van der Waals surface area contributed by atoms with Crippen LogP contribution in [0.3, 0.4) is 0 Å². The molecule has 0 spiro atoms. The van der Waals surface area contributed by atoms with Crippen molar-refractivity contribution in [2.75, 3.05) is 4.90 Å². The normalized spacial score (nSPS) is 12.7. The Kier molecular flexibility index (Phi) is 3.92. The van der Waals surface area contributed by atoms with Crippen LogP contribution in [0, 0.1) is 6.92 Å². The molecule has 0 bridgehead atoms. The lowest BCUT2D eigenvalue weighted by molar-refractivity contribution is 0.984. The Hall–Kier alpha value is -2.80. The maximum atomic E-state index is 2.36. The lowest BCUT2D eigenvalue weighted by atomic mass is 9.95. The number of aryl methyl sites for hydroxylation is 2. The van der Waals surface area contributed by atoms with Gasteiger partial charge in [-0.3, -0.25) is 0 Å². The van der Waals surface area contributed by atoms with Gasteiger partial charge in [0.1, 0.15) is 0 Å². The Morgan fingerprint density at radius 3 is 2.29 bits per heavy atom. The number of fused-ring (bicyclic) bond motifs is 1. The zero-order valence-electron chi connectivity index (χ0n) is 13.9. The highest BCUT2D eigenvalue weighted by Gasteiger charge is 2.17. The van der Waals surface area contributed by atoms with Crippen molar-refractivity contribution in [2.45, 2.75) is 19.8 Å². The fourth-order valence-electron chi connectivity index (χ4n) is 3.34. The van der Waals surface area contributed by atoms with Gasteiger partial charge in [0.2, 0.25) is 0 Å². The lowest BCUT2D eigenvalue weighted by Gasteiger charge is -2.29. The van der Waals surface area contributed by atoms with Crippen LogP contribution in [-0.2, 0) is 6.42 Å². The number of benzene rings is 3. The number of para-hydroxylation sites is 1. The van der Waals surface area contributed by atoms with Gasteiger partial charge in [0, 0.05) is 16.9 Å². The minimum Gasteiger partial charge on any atom is -0.310 e. The quantitative estimate of drug-likeness (QED) is 0.539. The van der Waals surface area contributed by atoms with Crippen LogP contribution in [0.2, 0.25) is 0 Å². The molecule has 3 aromatic carbocycles. The van der Waals surface area contributed by atoms with Gasteiger partial charge >= 0.3 is 0 Å². The summed E-state index contributed by atoms with van der Waals surface area (Å²) in [5.41, 5.74) is 7.68. The van der Waals surface area contributed by atoms with E-state index in [1.165, 1.54) is 33.8 Å². The maximum Gasteiger partial charge on any atom is 0.0536 e. The summed E-state index contributed by atoms with van der Waals surface area (Å²) in [5.74, 6) is 0. The summed E-state index contributed by atoms with van der Waals surface area (Å²) in [7, 11) is 0. The Balaban J connectivity index is 1.92. The molecule has 0 aliphatic heterocycles. The molecule has 0 radical (unpaired) electrons. The summed E-state index contributed by atoms with van der Waals surface area (Å²) in [6.45, 7) is 2.13. The Morgan fingerprint density at radius 1 is 0.750 bits per heavy atom. The van der Waals surface area contributed by atoms with Gasteiger partial charge in [-0.1, -0.05) is 60.2 Å². The van der Waals surface area contributed by atoms with Crippen LogP contribution >= 0.6 is 0 Å². The Labute approximate surface area is 143 Å². The number of nitrogens with zero attached hydrogens (tertiary/aromatic N) is 1. The van der Waals surface area contributed by atoms with Crippen molar-refractivity contribution in [3.63, 3.8) is 0 Å². The smallest absolute Gasteiger partial charge is 0.0536 e. The van der Waals surface area contributed by atoms with Crippen molar-refractivity contribution in [1.29, 1.82) is 0 Å². The average molecular weight is 311 g/mol. The number of rotatable bonds is 3. The first kappa shape index (κ1) is 14.8. The summed E-state index contributed by atoms with van der Waals surface area (Å²) < 4.78 is 0. The number of allylic oxidation sites excluding steroid dienone is 1. The molecule has 0 saturated carbocycles. The van der Waals surface area contributed by atoms with Crippen LogP contribution in [0.25, 0.3) is 6.08 Å². The van der Waals surface area contributed by atoms with Crippen molar-refractivity contribution in [1.82, 2.24) is 0 Å². The molecule has 1 aliphatic rings. The van der Waals surface area contributed by atoms with Crippen molar-refractivity contribution < 1.29 is 0 Å². The predicted molar refractivity (Wildman–Crippen MR) is 103 cm³/mol. The monoisotopic (exact) mass is 311 g/mol. The Morgan fingerprint density at radius 2 is 1.50 bits per heavy atom. The zero-order valence-corrected chi connectivity index (χ0v) is 13.9. The maximum absolute atomic E-state index is 2.36. The summed E-state index contributed by atoms with van der Waals surface area (Å²) in [6.07, 6.45) is 6.81. The average Bonchev–Trinajstić information content (AvgIpc) is 2.65. The van der Waals surface area contributed by atoms with E-state index in [2.05, 4.69) is 96.8 Å². The third-order valence-corrected chi connectivity index (χ3v) is 4.59. The molecule has 1 aliphatic carbocycles. The molecule has 0 atom stereocenters. The zero-order chi connectivity index (χ0) is 16.4. The van der Waals surface area contributed by atoms with Crippen molar-refractivity contribution in [3.8, 4) is 0 Å². The van der Waals surface area contributed by atoms with Crippen LogP contribution in [0.1, 0.15) is 23.1 Å². The minimum absolute atomic E-state index is 1.12. The fourth-order valence-corrected chi connectivity index (χ4v) is 3.34.